The molecule has 0 saturated heterocycles. The van der Waals surface area contributed by atoms with Gasteiger partial charge in [-0.15, -0.1) is 0 Å². The number of nitrogens with one attached hydrogen (secondary N) is 1. The lowest BCUT2D eigenvalue weighted by molar-refractivity contribution is -0.684. The minimum absolute atomic E-state index is 0.146. The molecule has 146 valence electrons. The lowest BCUT2D eigenvalue weighted by atomic mass is 9.95. The number of benzene rings is 1. The van der Waals surface area contributed by atoms with Gasteiger partial charge in [-0.25, -0.2) is 12.7 Å². The first-order valence-electron chi connectivity index (χ1n) is 9.09. The first-order valence-corrected chi connectivity index (χ1v) is 10.5. The Morgan fingerprint density at radius 2 is 1.74 bits per heavy atom. The SMILES string of the molecule is CCC(CC)c1cc[n+](CC(=O)Nc2cccc(S(=O)(=O)N(C)C)c2)cc1. The zero-order chi connectivity index (χ0) is 20.0. The maximum Gasteiger partial charge on any atom is 0.290 e. The molecule has 0 bridgehead atoms. The van der Waals surface area contributed by atoms with E-state index in [0.717, 1.165) is 17.1 Å². The van der Waals surface area contributed by atoms with Crippen molar-refractivity contribution < 1.29 is 17.8 Å². The van der Waals surface area contributed by atoms with Gasteiger partial charge in [0, 0.05) is 31.9 Å². The smallest absolute Gasteiger partial charge is 0.290 e. The molecule has 1 aromatic carbocycles. The van der Waals surface area contributed by atoms with Gasteiger partial charge in [0.05, 0.1) is 4.90 Å². The Kier molecular flexibility index (Phi) is 7.10. The fourth-order valence-corrected chi connectivity index (χ4v) is 3.87. The topological polar surface area (TPSA) is 70.4 Å². The summed E-state index contributed by atoms with van der Waals surface area (Å²) in [6.45, 7) is 4.51. The molecule has 2 aromatic rings. The summed E-state index contributed by atoms with van der Waals surface area (Å²) in [7, 11) is -0.586. The van der Waals surface area contributed by atoms with Gasteiger partial charge in [-0.2, -0.15) is 4.57 Å². The van der Waals surface area contributed by atoms with Gasteiger partial charge in [-0.1, -0.05) is 19.9 Å². The molecule has 0 aliphatic heterocycles. The van der Waals surface area contributed by atoms with Gasteiger partial charge in [0.1, 0.15) is 0 Å². The number of sulfonamides is 1. The number of hydrogen-bond acceptors (Lipinski definition) is 3. The monoisotopic (exact) mass is 390 g/mol. The Morgan fingerprint density at radius 1 is 1.11 bits per heavy atom. The third kappa shape index (κ3) is 5.37. The normalized spacial score (nSPS) is 11.8. The number of carbonyl (C=O) groups excluding carboxylic acids is 1. The van der Waals surface area contributed by atoms with Gasteiger partial charge in [0.25, 0.3) is 5.91 Å². The van der Waals surface area contributed by atoms with E-state index in [4.69, 9.17) is 0 Å². The van der Waals surface area contributed by atoms with Crippen LogP contribution in [0.5, 0.6) is 0 Å². The second kappa shape index (κ2) is 9.10. The molecule has 0 unspecified atom stereocenters. The van der Waals surface area contributed by atoms with Gasteiger partial charge in [0.2, 0.25) is 16.6 Å². The molecule has 27 heavy (non-hydrogen) atoms. The molecular weight excluding hydrogens is 362 g/mol. The van der Waals surface area contributed by atoms with Crippen LogP contribution in [0.3, 0.4) is 0 Å². The Balaban J connectivity index is 2.06. The zero-order valence-corrected chi connectivity index (χ0v) is 17.2. The van der Waals surface area contributed by atoms with E-state index in [2.05, 4.69) is 31.3 Å². The summed E-state index contributed by atoms with van der Waals surface area (Å²) < 4.78 is 27.4. The van der Waals surface area contributed by atoms with E-state index in [1.807, 2.05) is 17.0 Å². The molecule has 0 atom stereocenters. The summed E-state index contributed by atoms with van der Waals surface area (Å²) >= 11 is 0. The van der Waals surface area contributed by atoms with Gasteiger partial charge in [-0.05, 0) is 42.5 Å². The number of pyridine rings is 1. The summed E-state index contributed by atoms with van der Waals surface area (Å²) in [6, 6.07) is 10.4. The van der Waals surface area contributed by atoms with E-state index in [0.29, 0.717) is 11.6 Å². The highest BCUT2D eigenvalue weighted by atomic mass is 32.2. The summed E-state index contributed by atoms with van der Waals surface area (Å²) in [5, 5.41) is 2.76. The molecular formula is C20H28N3O3S+. The van der Waals surface area contributed by atoms with Crippen LogP contribution in [0.25, 0.3) is 0 Å². The van der Waals surface area contributed by atoms with Crippen molar-refractivity contribution in [3.63, 3.8) is 0 Å². The third-order valence-electron chi connectivity index (χ3n) is 4.60. The molecule has 1 amide bonds. The fourth-order valence-electron chi connectivity index (χ4n) is 2.92. The maximum atomic E-state index is 12.3. The number of anilines is 1. The van der Waals surface area contributed by atoms with Crippen LogP contribution in [-0.2, 0) is 21.4 Å². The number of amides is 1. The highest BCUT2D eigenvalue weighted by Gasteiger charge is 2.18. The average molecular weight is 391 g/mol. The van der Waals surface area contributed by atoms with E-state index in [9.17, 15) is 13.2 Å². The third-order valence-corrected chi connectivity index (χ3v) is 6.41. The lowest BCUT2D eigenvalue weighted by Crippen LogP contribution is -2.39. The van der Waals surface area contributed by atoms with Crippen molar-refractivity contribution in [2.45, 2.75) is 44.0 Å². The van der Waals surface area contributed by atoms with E-state index < -0.39 is 10.0 Å². The number of rotatable bonds is 8. The van der Waals surface area contributed by atoms with E-state index in [1.165, 1.54) is 31.8 Å². The quantitative estimate of drug-likeness (QED) is 0.705. The molecule has 1 N–H and O–H groups in total. The fraction of sp³-hybridized carbons (Fsp3) is 0.400. The maximum absolute atomic E-state index is 12.3. The first kappa shape index (κ1) is 21.1. The zero-order valence-electron chi connectivity index (χ0n) is 16.3. The van der Waals surface area contributed by atoms with Crippen molar-refractivity contribution in [3.05, 3.63) is 54.4 Å². The van der Waals surface area contributed by atoms with Crippen molar-refractivity contribution in [1.82, 2.24) is 4.31 Å². The molecule has 7 heteroatoms. The van der Waals surface area contributed by atoms with Crippen LogP contribution >= 0.6 is 0 Å². The van der Waals surface area contributed by atoms with E-state index >= 15 is 0 Å². The number of hydrogen-bond donors (Lipinski definition) is 1. The standard InChI is InChI=1S/C20H27N3O3S/c1-5-16(6-2)17-10-12-23(13-11-17)15-20(24)21-18-8-7-9-19(14-18)27(25,26)22(3)4/h7-14,16H,5-6,15H2,1-4H3/p+1. The lowest BCUT2D eigenvalue weighted by Gasteiger charge is -2.12. The largest absolute Gasteiger partial charge is 0.321 e. The van der Waals surface area contributed by atoms with Gasteiger partial charge < -0.3 is 5.32 Å². The van der Waals surface area contributed by atoms with Crippen molar-refractivity contribution in [1.29, 1.82) is 0 Å². The predicted molar refractivity (Wildman–Crippen MR) is 106 cm³/mol. The van der Waals surface area contributed by atoms with Crippen LogP contribution in [0.4, 0.5) is 5.69 Å². The molecule has 0 saturated carbocycles. The second-order valence-corrected chi connectivity index (χ2v) is 8.83. The minimum Gasteiger partial charge on any atom is -0.321 e. The molecule has 0 aliphatic rings. The van der Waals surface area contributed by atoms with Gasteiger partial charge in [-0.3, -0.25) is 4.79 Å². The number of aromatic nitrogens is 1. The van der Waals surface area contributed by atoms with Gasteiger partial charge >= 0.3 is 0 Å². The summed E-state index contributed by atoms with van der Waals surface area (Å²) in [5.74, 6) is 0.324. The van der Waals surface area contributed by atoms with E-state index in [-0.39, 0.29) is 17.3 Å². The average Bonchev–Trinajstić information content (AvgIpc) is 2.64. The van der Waals surface area contributed by atoms with Gasteiger partial charge in [0.15, 0.2) is 12.4 Å². The van der Waals surface area contributed by atoms with Crippen LogP contribution in [-0.4, -0.2) is 32.7 Å². The van der Waals surface area contributed by atoms with Crippen LogP contribution in [0.15, 0.2) is 53.7 Å². The number of carbonyl (C=O) groups is 1. The predicted octanol–water partition coefficient (Wildman–Crippen LogP) is 2.77. The Bertz CT molecular complexity index is 874. The van der Waals surface area contributed by atoms with Crippen LogP contribution in [0.2, 0.25) is 0 Å². The first-order chi connectivity index (χ1) is 12.8. The molecule has 6 nitrogen and oxygen atoms in total. The van der Waals surface area contributed by atoms with Crippen LogP contribution in [0.1, 0.15) is 38.2 Å². The molecule has 0 fully saturated rings. The van der Waals surface area contributed by atoms with Crippen LogP contribution in [0, 0.1) is 0 Å². The molecule has 2 rings (SSSR count). The summed E-state index contributed by atoms with van der Waals surface area (Å²) in [6.07, 6.45) is 5.99. The van der Waals surface area contributed by atoms with Crippen molar-refractivity contribution >= 4 is 21.6 Å². The molecule has 0 aliphatic carbocycles. The summed E-state index contributed by atoms with van der Waals surface area (Å²) in [4.78, 5) is 12.5. The van der Waals surface area contributed by atoms with Crippen molar-refractivity contribution in [2.75, 3.05) is 19.4 Å². The van der Waals surface area contributed by atoms with Crippen molar-refractivity contribution in [3.8, 4) is 0 Å². The van der Waals surface area contributed by atoms with E-state index in [1.54, 1.807) is 12.1 Å². The highest BCUT2D eigenvalue weighted by Crippen LogP contribution is 2.21. The number of nitrogens with zero attached hydrogens (tertiary/aromatic N) is 2. The Labute approximate surface area is 161 Å². The minimum atomic E-state index is -3.54. The molecule has 0 spiro atoms. The Morgan fingerprint density at radius 3 is 2.30 bits per heavy atom. The van der Waals surface area contributed by atoms with Crippen molar-refractivity contribution in [2.24, 2.45) is 0 Å². The summed E-state index contributed by atoms with van der Waals surface area (Å²) in [5.41, 5.74) is 1.73. The molecule has 1 heterocycles. The molecule has 1 aromatic heterocycles. The molecule has 0 radical (unpaired) electrons. The highest BCUT2D eigenvalue weighted by molar-refractivity contribution is 7.89. The Hall–Kier alpha value is -2.25. The second-order valence-electron chi connectivity index (χ2n) is 6.68. The van der Waals surface area contributed by atoms with Crippen LogP contribution < -0.4 is 9.88 Å².